The summed E-state index contributed by atoms with van der Waals surface area (Å²) in [6, 6.07) is 10.3. The Hall–Kier alpha value is -2.51. The standard InChI is InChI=1S/C23H27N3O/c1-25(2)23(20-11-7-4-8-12-20)15-13-22(14-16-23)18-26(21(27)24-22)17-19-9-5-3-6-10-19/h3-7,9-11H,13-18H2,1-2H3,(H,24,27). The Kier molecular flexibility index (Phi) is 4.57. The van der Waals surface area contributed by atoms with Crippen LogP contribution in [0.4, 0.5) is 4.79 Å². The number of hydrogen-bond acceptors (Lipinski definition) is 2. The van der Waals surface area contributed by atoms with Crippen LogP contribution in [0.2, 0.25) is 0 Å². The Balaban J connectivity index is 1.50. The monoisotopic (exact) mass is 361 g/mol. The quantitative estimate of drug-likeness (QED) is 0.831. The molecular weight excluding hydrogens is 334 g/mol. The second-order valence-corrected chi connectivity index (χ2v) is 8.19. The third-order valence-electron chi connectivity index (χ3n) is 6.41. The molecule has 3 aliphatic rings. The van der Waals surface area contributed by atoms with Crippen molar-refractivity contribution in [2.75, 3.05) is 20.6 Å². The maximum absolute atomic E-state index is 12.6. The third-order valence-corrected chi connectivity index (χ3v) is 6.41. The Morgan fingerprint density at radius 2 is 1.89 bits per heavy atom. The molecule has 1 aromatic carbocycles. The number of rotatable bonds is 4. The smallest absolute Gasteiger partial charge is 0.318 e. The molecule has 1 N–H and O–H groups in total. The van der Waals surface area contributed by atoms with E-state index in [2.05, 4.69) is 54.0 Å². The molecule has 0 aromatic heterocycles. The lowest BCUT2D eigenvalue weighted by Gasteiger charge is -2.48. The van der Waals surface area contributed by atoms with E-state index in [1.165, 1.54) is 11.1 Å². The van der Waals surface area contributed by atoms with E-state index in [1.807, 2.05) is 35.3 Å². The summed E-state index contributed by atoms with van der Waals surface area (Å²) in [5, 5.41) is 3.32. The Labute approximate surface area is 161 Å². The highest BCUT2D eigenvalue weighted by Crippen LogP contribution is 2.44. The molecule has 0 atom stereocenters. The molecular formula is C23H27N3O. The van der Waals surface area contributed by atoms with Crippen molar-refractivity contribution in [2.24, 2.45) is 0 Å². The molecule has 0 radical (unpaired) electrons. The fraction of sp³-hybridized carbons (Fsp3) is 0.435. The zero-order valence-corrected chi connectivity index (χ0v) is 16.2. The fourth-order valence-corrected chi connectivity index (χ4v) is 4.72. The number of allylic oxidation sites excluding steroid dienone is 2. The van der Waals surface area contributed by atoms with E-state index in [4.69, 9.17) is 0 Å². The van der Waals surface area contributed by atoms with Gasteiger partial charge in [0, 0.05) is 18.7 Å². The molecule has 4 rings (SSSR count). The van der Waals surface area contributed by atoms with Gasteiger partial charge in [-0.05, 0) is 57.5 Å². The van der Waals surface area contributed by atoms with Crippen LogP contribution in [0.25, 0.3) is 0 Å². The summed E-state index contributed by atoms with van der Waals surface area (Å²) >= 11 is 0. The van der Waals surface area contributed by atoms with E-state index < -0.39 is 0 Å². The number of hydrogen-bond donors (Lipinski definition) is 1. The normalized spacial score (nSPS) is 29.5. The van der Waals surface area contributed by atoms with Gasteiger partial charge in [0.25, 0.3) is 0 Å². The average molecular weight is 361 g/mol. The first kappa shape index (κ1) is 17.9. The summed E-state index contributed by atoms with van der Waals surface area (Å²) in [6.07, 6.45) is 10.1. The number of urea groups is 1. The van der Waals surface area contributed by atoms with Crippen LogP contribution in [0.3, 0.4) is 0 Å². The predicted molar refractivity (Wildman–Crippen MR) is 107 cm³/mol. The zero-order chi connectivity index (χ0) is 18.9. The van der Waals surface area contributed by atoms with Gasteiger partial charge in [-0.25, -0.2) is 4.79 Å². The topological polar surface area (TPSA) is 35.6 Å². The van der Waals surface area contributed by atoms with Crippen LogP contribution < -0.4 is 5.32 Å². The van der Waals surface area contributed by atoms with Gasteiger partial charge in [0.1, 0.15) is 0 Å². The molecule has 2 fully saturated rings. The Morgan fingerprint density at radius 3 is 2.52 bits per heavy atom. The summed E-state index contributed by atoms with van der Waals surface area (Å²) in [7, 11) is 4.29. The molecule has 1 aromatic rings. The summed E-state index contributed by atoms with van der Waals surface area (Å²) in [5.74, 6) is 0. The van der Waals surface area contributed by atoms with Gasteiger partial charge in [0.05, 0.1) is 11.1 Å². The summed E-state index contributed by atoms with van der Waals surface area (Å²) in [4.78, 5) is 16.9. The van der Waals surface area contributed by atoms with Crippen molar-refractivity contribution in [2.45, 2.75) is 43.3 Å². The molecule has 1 saturated heterocycles. The highest BCUT2D eigenvalue weighted by atomic mass is 16.2. The van der Waals surface area contributed by atoms with Crippen LogP contribution >= 0.6 is 0 Å². The van der Waals surface area contributed by atoms with E-state index >= 15 is 0 Å². The minimum atomic E-state index is -0.107. The minimum Gasteiger partial charge on any atom is -0.331 e. The van der Waals surface area contributed by atoms with E-state index in [1.54, 1.807) is 0 Å². The number of nitrogens with zero attached hydrogens (tertiary/aromatic N) is 2. The van der Waals surface area contributed by atoms with Crippen LogP contribution in [-0.4, -0.2) is 47.5 Å². The van der Waals surface area contributed by atoms with Gasteiger partial charge in [-0.3, -0.25) is 4.90 Å². The molecule has 140 valence electrons. The molecule has 2 aliphatic carbocycles. The summed E-state index contributed by atoms with van der Waals surface area (Å²) < 4.78 is 0. The molecule has 2 amide bonds. The van der Waals surface area contributed by atoms with Crippen molar-refractivity contribution in [1.82, 2.24) is 15.1 Å². The van der Waals surface area contributed by atoms with E-state index in [0.717, 1.165) is 32.2 Å². The van der Waals surface area contributed by atoms with Gasteiger partial charge in [0.15, 0.2) is 0 Å². The Morgan fingerprint density at radius 1 is 1.15 bits per heavy atom. The maximum Gasteiger partial charge on any atom is 0.318 e. The highest BCUT2D eigenvalue weighted by Gasteiger charge is 2.50. The number of nitrogens with one attached hydrogen (secondary N) is 1. The number of carbonyl (C=O) groups is 1. The average Bonchev–Trinajstić information content (AvgIpc) is 2.99. The van der Waals surface area contributed by atoms with Gasteiger partial charge in [-0.1, -0.05) is 47.9 Å². The SMILES string of the molecule is CN(C)C1(C2=C=C=CC=C2)CCC2(CC1)CN(Cc1ccccc1)C(=O)N2. The fourth-order valence-electron chi connectivity index (χ4n) is 4.72. The third kappa shape index (κ3) is 3.28. The van der Waals surface area contributed by atoms with Crippen LogP contribution in [0.1, 0.15) is 31.2 Å². The summed E-state index contributed by atoms with van der Waals surface area (Å²) in [5.41, 5.74) is 8.68. The van der Waals surface area contributed by atoms with Gasteiger partial charge in [-0.15, -0.1) is 0 Å². The lowest BCUT2D eigenvalue weighted by atomic mass is 9.68. The Bertz CT molecular complexity index is 847. The highest BCUT2D eigenvalue weighted by molar-refractivity contribution is 5.78. The van der Waals surface area contributed by atoms with E-state index in [-0.39, 0.29) is 17.1 Å². The molecule has 0 unspecified atom stereocenters. The summed E-state index contributed by atoms with van der Waals surface area (Å²) in [6.45, 7) is 1.46. The maximum atomic E-state index is 12.6. The molecule has 1 saturated carbocycles. The largest absolute Gasteiger partial charge is 0.331 e. The van der Waals surface area contributed by atoms with E-state index in [9.17, 15) is 4.79 Å². The van der Waals surface area contributed by atoms with Crippen molar-refractivity contribution in [1.29, 1.82) is 0 Å². The number of amides is 2. The minimum absolute atomic E-state index is 0.0272. The van der Waals surface area contributed by atoms with Gasteiger partial charge >= 0.3 is 6.03 Å². The number of carbonyl (C=O) groups excluding carboxylic acids is 1. The predicted octanol–water partition coefficient (Wildman–Crippen LogP) is 3.63. The molecule has 4 nitrogen and oxygen atoms in total. The second kappa shape index (κ2) is 6.90. The van der Waals surface area contributed by atoms with Crippen molar-refractivity contribution >= 4 is 6.03 Å². The molecule has 1 spiro atoms. The molecule has 1 heterocycles. The molecule has 1 aliphatic heterocycles. The van der Waals surface area contributed by atoms with E-state index in [0.29, 0.717) is 6.54 Å². The van der Waals surface area contributed by atoms with Gasteiger partial charge in [-0.2, -0.15) is 0 Å². The van der Waals surface area contributed by atoms with Gasteiger partial charge < -0.3 is 10.2 Å². The van der Waals surface area contributed by atoms with Crippen LogP contribution in [0.5, 0.6) is 0 Å². The number of likely N-dealkylation sites (N-methyl/N-ethyl adjacent to an activating group) is 1. The van der Waals surface area contributed by atoms with Crippen molar-refractivity contribution in [3.8, 4) is 0 Å². The lowest BCUT2D eigenvalue weighted by molar-refractivity contribution is 0.0968. The van der Waals surface area contributed by atoms with Crippen LogP contribution in [-0.2, 0) is 6.54 Å². The van der Waals surface area contributed by atoms with Crippen LogP contribution in [0.15, 0.2) is 65.6 Å². The number of benzene rings is 1. The second-order valence-electron chi connectivity index (χ2n) is 8.19. The van der Waals surface area contributed by atoms with Crippen molar-refractivity contribution in [3.05, 3.63) is 71.2 Å². The van der Waals surface area contributed by atoms with Crippen LogP contribution in [0, 0.1) is 0 Å². The van der Waals surface area contributed by atoms with Crippen molar-refractivity contribution in [3.63, 3.8) is 0 Å². The first-order valence-corrected chi connectivity index (χ1v) is 9.70. The molecule has 4 heteroatoms. The molecule has 27 heavy (non-hydrogen) atoms. The lowest BCUT2D eigenvalue weighted by Crippen LogP contribution is -2.56. The first-order valence-electron chi connectivity index (χ1n) is 9.70. The van der Waals surface area contributed by atoms with Gasteiger partial charge in [0.2, 0.25) is 0 Å². The zero-order valence-electron chi connectivity index (χ0n) is 16.2. The van der Waals surface area contributed by atoms with Crippen molar-refractivity contribution < 1.29 is 4.79 Å². The molecule has 0 bridgehead atoms. The first-order chi connectivity index (χ1) is 13.0.